The molecule has 3 N–H and O–H groups in total. The lowest BCUT2D eigenvalue weighted by molar-refractivity contribution is 0.625. The number of guanidine groups is 1. The zero-order chi connectivity index (χ0) is 11.2. The van der Waals surface area contributed by atoms with E-state index in [0.29, 0.717) is 12.0 Å². The van der Waals surface area contributed by atoms with E-state index in [2.05, 4.69) is 20.7 Å². The molecule has 2 rings (SSSR count). The SMILES string of the molecule is NC(=NCCc1cscn1)NC1CCCC1. The molecule has 0 saturated heterocycles. The number of hydrogen-bond acceptors (Lipinski definition) is 3. The number of thiazole rings is 1. The van der Waals surface area contributed by atoms with Gasteiger partial charge in [-0.05, 0) is 12.8 Å². The smallest absolute Gasteiger partial charge is 0.188 e. The van der Waals surface area contributed by atoms with Crippen LogP contribution < -0.4 is 11.1 Å². The van der Waals surface area contributed by atoms with Crippen molar-refractivity contribution in [3.8, 4) is 0 Å². The molecule has 88 valence electrons. The first-order valence-corrected chi connectivity index (χ1v) is 6.72. The van der Waals surface area contributed by atoms with Crippen molar-refractivity contribution in [2.24, 2.45) is 10.7 Å². The molecule has 5 heteroatoms. The van der Waals surface area contributed by atoms with Crippen LogP contribution >= 0.6 is 11.3 Å². The molecule has 1 aliphatic rings. The molecule has 1 heterocycles. The first-order chi connectivity index (χ1) is 7.84. The molecule has 1 saturated carbocycles. The number of nitrogens with two attached hydrogens (primary N) is 1. The van der Waals surface area contributed by atoms with Crippen molar-refractivity contribution in [2.45, 2.75) is 38.1 Å². The average Bonchev–Trinajstić information content (AvgIpc) is 2.90. The highest BCUT2D eigenvalue weighted by molar-refractivity contribution is 7.07. The van der Waals surface area contributed by atoms with Crippen molar-refractivity contribution in [1.82, 2.24) is 10.3 Å². The zero-order valence-electron chi connectivity index (χ0n) is 9.35. The molecule has 0 atom stereocenters. The predicted octanol–water partition coefficient (Wildman–Crippen LogP) is 1.53. The minimum absolute atomic E-state index is 0.544. The second kappa shape index (κ2) is 5.84. The van der Waals surface area contributed by atoms with Crippen LogP contribution in [0, 0.1) is 0 Å². The predicted molar refractivity (Wildman–Crippen MR) is 67.7 cm³/mol. The Morgan fingerprint density at radius 1 is 1.56 bits per heavy atom. The normalized spacial score (nSPS) is 17.9. The number of nitrogens with one attached hydrogen (secondary N) is 1. The molecule has 1 fully saturated rings. The highest BCUT2D eigenvalue weighted by Crippen LogP contribution is 2.17. The first-order valence-electron chi connectivity index (χ1n) is 5.78. The van der Waals surface area contributed by atoms with Gasteiger partial charge in [-0.1, -0.05) is 12.8 Å². The molecule has 0 aliphatic heterocycles. The van der Waals surface area contributed by atoms with Gasteiger partial charge in [-0.3, -0.25) is 4.99 Å². The summed E-state index contributed by atoms with van der Waals surface area (Å²) in [5.74, 6) is 0.585. The van der Waals surface area contributed by atoms with E-state index in [9.17, 15) is 0 Å². The van der Waals surface area contributed by atoms with Crippen LogP contribution in [-0.2, 0) is 6.42 Å². The fourth-order valence-corrected chi connectivity index (χ4v) is 2.57. The number of hydrogen-bond donors (Lipinski definition) is 2. The molecule has 1 aliphatic carbocycles. The van der Waals surface area contributed by atoms with E-state index in [1.807, 2.05) is 5.51 Å². The highest BCUT2D eigenvalue weighted by atomic mass is 32.1. The molecule has 1 aromatic rings. The van der Waals surface area contributed by atoms with Gasteiger partial charge < -0.3 is 11.1 Å². The van der Waals surface area contributed by atoms with Gasteiger partial charge in [0.05, 0.1) is 11.2 Å². The maximum atomic E-state index is 5.81. The van der Waals surface area contributed by atoms with Gasteiger partial charge in [0.1, 0.15) is 0 Å². The van der Waals surface area contributed by atoms with E-state index < -0.39 is 0 Å². The molecule has 16 heavy (non-hydrogen) atoms. The first kappa shape index (κ1) is 11.4. The van der Waals surface area contributed by atoms with Crippen LogP contribution in [0.2, 0.25) is 0 Å². The Hall–Kier alpha value is -1.10. The Balaban J connectivity index is 1.69. The van der Waals surface area contributed by atoms with E-state index in [1.165, 1.54) is 25.7 Å². The molecule has 0 amide bonds. The second-order valence-corrected chi connectivity index (χ2v) is 4.84. The van der Waals surface area contributed by atoms with Crippen molar-refractivity contribution >= 4 is 17.3 Å². The summed E-state index contributed by atoms with van der Waals surface area (Å²) in [4.78, 5) is 8.51. The number of nitrogens with zero attached hydrogens (tertiary/aromatic N) is 2. The molecule has 0 unspecified atom stereocenters. The van der Waals surface area contributed by atoms with Crippen molar-refractivity contribution in [3.63, 3.8) is 0 Å². The average molecular weight is 238 g/mol. The Labute approximate surface area is 100.0 Å². The van der Waals surface area contributed by atoms with Crippen LogP contribution in [0.3, 0.4) is 0 Å². The Morgan fingerprint density at radius 3 is 3.06 bits per heavy atom. The van der Waals surface area contributed by atoms with Crippen molar-refractivity contribution in [1.29, 1.82) is 0 Å². The topological polar surface area (TPSA) is 63.3 Å². The zero-order valence-corrected chi connectivity index (χ0v) is 10.2. The summed E-state index contributed by atoms with van der Waals surface area (Å²) in [7, 11) is 0. The molecular formula is C11H18N4S. The van der Waals surface area contributed by atoms with Gasteiger partial charge in [0.15, 0.2) is 5.96 Å². The van der Waals surface area contributed by atoms with Crippen LogP contribution in [0.1, 0.15) is 31.4 Å². The Morgan fingerprint density at radius 2 is 2.38 bits per heavy atom. The van der Waals surface area contributed by atoms with Crippen molar-refractivity contribution < 1.29 is 0 Å². The van der Waals surface area contributed by atoms with E-state index in [1.54, 1.807) is 11.3 Å². The molecule has 0 spiro atoms. The molecular weight excluding hydrogens is 220 g/mol. The van der Waals surface area contributed by atoms with Gasteiger partial charge in [0, 0.05) is 24.4 Å². The van der Waals surface area contributed by atoms with Gasteiger partial charge >= 0.3 is 0 Å². The van der Waals surface area contributed by atoms with Crippen LogP contribution in [0.15, 0.2) is 15.9 Å². The molecule has 0 aromatic carbocycles. The summed E-state index contributed by atoms with van der Waals surface area (Å²) in [6.07, 6.45) is 5.94. The number of aliphatic imine (C=N–C) groups is 1. The fraction of sp³-hybridized carbons (Fsp3) is 0.636. The fourth-order valence-electron chi connectivity index (χ4n) is 1.98. The molecule has 0 bridgehead atoms. The van der Waals surface area contributed by atoms with Crippen molar-refractivity contribution in [2.75, 3.05) is 6.54 Å². The third-order valence-electron chi connectivity index (χ3n) is 2.84. The summed E-state index contributed by atoms with van der Waals surface area (Å²) in [5, 5.41) is 5.32. The third kappa shape index (κ3) is 3.48. The summed E-state index contributed by atoms with van der Waals surface area (Å²) in [6.45, 7) is 0.718. The summed E-state index contributed by atoms with van der Waals surface area (Å²) < 4.78 is 0. The Bertz CT molecular complexity index is 328. The molecule has 1 aromatic heterocycles. The van der Waals surface area contributed by atoms with Crippen LogP contribution in [0.4, 0.5) is 0 Å². The van der Waals surface area contributed by atoms with Crippen LogP contribution in [0.5, 0.6) is 0 Å². The lowest BCUT2D eigenvalue weighted by Gasteiger charge is -2.11. The van der Waals surface area contributed by atoms with Crippen LogP contribution in [0.25, 0.3) is 0 Å². The second-order valence-electron chi connectivity index (χ2n) is 4.12. The van der Waals surface area contributed by atoms with Crippen molar-refractivity contribution in [3.05, 3.63) is 16.6 Å². The monoisotopic (exact) mass is 238 g/mol. The Kier molecular flexibility index (Phi) is 4.16. The van der Waals surface area contributed by atoms with Gasteiger partial charge in [-0.2, -0.15) is 0 Å². The van der Waals surface area contributed by atoms with Gasteiger partial charge in [-0.25, -0.2) is 4.98 Å². The van der Waals surface area contributed by atoms with E-state index in [-0.39, 0.29) is 0 Å². The highest BCUT2D eigenvalue weighted by Gasteiger charge is 2.14. The summed E-state index contributed by atoms with van der Waals surface area (Å²) >= 11 is 1.62. The van der Waals surface area contributed by atoms with Crippen LogP contribution in [-0.4, -0.2) is 23.5 Å². The maximum absolute atomic E-state index is 5.81. The minimum atomic E-state index is 0.544. The van der Waals surface area contributed by atoms with Gasteiger partial charge in [0.2, 0.25) is 0 Å². The quantitative estimate of drug-likeness (QED) is 0.617. The standard InChI is InChI=1S/C11H18N4S/c12-11(15-9-3-1-2-4-9)13-6-5-10-7-16-8-14-10/h7-9H,1-6H2,(H3,12,13,15). The van der Waals surface area contributed by atoms with E-state index >= 15 is 0 Å². The van der Waals surface area contributed by atoms with Gasteiger partial charge in [0.25, 0.3) is 0 Å². The lowest BCUT2D eigenvalue weighted by Crippen LogP contribution is -2.38. The number of rotatable bonds is 4. The summed E-state index contributed by atoms with van der Waals surface area (Å²) in [5.41, 5.74) is 8.76. The largest absolute Gasteiger partial charge is 0.370 e. The lowest BCUT2D eigenvalue weighted by atomic mass is 10.2. The molecule has 4 nitrogen and oxygen atoms in total. The molecule has 0 radical (unpaired) electrons. The van der Waals surface area contributed by atoms with E-state index in [0.717, 1.165) is 18.7 Å². The van der Waals surface area contributed by atoms with E-state index in [4.69, 9.17) is 5.73 Å². The summed E-state index contributed by atoms with van der Waals surface area (Å²) in [6, 6.07) is 0.544. The number of aromatic nitrogens is 1. The third-order valence-corrected chi connectivity index (χ3v) is 3.48. The maximum Gasteiger partial charge on any atom is 0.188 e. The minimum Gasteiger partial charge on any atom is -0.370 e. The van der Waals surface area contributed by atoms with Gasteiger partial charge in [-0.15, -0.1) is 11.3 Å².